The summed E-state index contributed by atoms with van der Waals surface area (Å²) in [5.41, 5.74) is 7.65. The number of hydrogen-bond acceptors (Lipinski definition) is 2. The van der Waals surface area contributed by atoms with Gasteiger partial charge in [0.1, 0.15) is 0 Å². The molecule has 0 aliphatic carbocycles. The lowest BCUT2D eigenvalue weighted by atomic mass is 10.0. The summed E-state index contributed by atoms with van der Waals surface area (Å²) in [5, 5.41) is 9.68. The first-order chi connectivity index (χ1) is 7.16. The van der Waals surface area contributed by atoms with Gasteiger partial charge in [-0.3, -0.25) is 4.79 Å². The minimum Gasteiger partial charge on any atom is -0.481 e. The van der Waals surface area contributed by atoms with Gasteiger partial charge in [0.2, 0.25) is 0 Å². The lowest BCUT2D eigenvalue weighted by Gasteiger charge is -2.08. The van der Waals surface area contributed by atoms with E-state index in [4.69, 9.17) is 10.8 Å². The average Bonchev–Trinajstić information content (AvgIpc) is 2.62. The Bertz CT molecular complexity index is 490. The summed E-state index contributed by atoms with van der Waals surface area (Å²) in [7, 11) is 0. The summed E-state index contributed by atoms with van der Waals surface area (Å²) < 4.78 is 0. The van der Waals surface area contributed by atoms with Crippen molar-refractivity contribution in [3.63, 3.8) is 0 Å². The van der Waals surface area contributed by atoms with Crippen LogP contribution in [-0.4, -0.2) is 16.1 Å². The molecule has 15 heavy (non-hydrogen) atoms. The fraction of sp³-hybridized carbons (Fsp3) is 0.182. The van der Waals surface area contributed by atoms with Crippen molar-refractivity contribution in [2.45, 2.75) is 12.5 Å². The second-order valence-electron chi connectivity index (χ2n) is 3.53. The van der Waals surface area contributed by atoms with Crippen LogP contribution in [0.25, 0.3) is 10.9 Å². The van der Waals surface area contributed by atoms with Crippen LogP contribution in [0, 0.1) is 0 Å². The quantitative estimate of drug-likeness (QED) is 0.711. The van der Waals surface area contributed by atoms with Crippen LogP contribution in [0.2, 0.25) is 0 Å². The number of H-pyrrole nitrogens is 1. The third-order valence-electron chi connectivity index (χ3n) is 2.40. The van der Waals surface area contributed by atoms with Gasteiger partial charge < -0.3 is 15.8 Å². The van der Waals surface area contributed by atoms with E-state index in [1.165, 1.54) is 0 Å². The monoisotopic (exact) mass is 204 g/mol. The van der Waals surface area contributed by atoms with Crippen molar-refractivity contribution in [1.29, 1.82) is 0 Å². The molecule has 0 radical (unpaired) electrons. The van der Waals surface area contributed by atoms with E-state index in [2.05, 4.69) is 4.98 Å². The molecule has 4 heteroatoms. The van der Waals surface area contributed by atoms with Crippen LogP contribution >= 0.6 is 0 Å². The van der Waals surface area contributed by atoms with E-state index >= 15 is 0 Å². The fourth-order valence-electron chi connectivity index (χ4n) is 1.61. The lowest BCUT2D eigenvalue weighted by molar-refractivity contribution is -0.137. The van der Waals surface area contributed by atoms with Crippen molar-refractivity contribution in [1.82, 2.24) is 4.98 Å². The highest BCUT2D eigenvalue weighted by Gasteiger charge is 2.10. The number of carboxylic acids is 1. The van der Waals surface area contributed by atoms with Crippen molar-refractivity contribution in [3.05, 3.63) is 36.0 Å². The molecule has 0 saturated heterocycles. The molecule has 0 unspecified atom stereocenters. The van der Waals surface area contributed by atoms with Gasteiger partial charge >= 0.3 is 5.97 Å². The van der Waals surface area contributed by atoms with Crippen LogP contribution in [0.1, 0.15) is 18.0 Å². The Labute approximate surface area is 86.7 Å². The number of fused-ring (bicyclic) bond motifs is 1. The normalized spacial score (nSPS) is 12.9. The molecule has 0 aliphatic heterocycles. The van der Waals surface area contributed by atoms with Gasteiger partial charge in [-0.15, -0.1) is 0 Å². The molecule has 0 amide bonds. The van der Waals surface area contributed by atoms with Crippen molar-refractivity contribution in [2.24, 2.45) is 5.73 Å². The summed E-state index contributed by atoms with van der Waals surface area (Å²) in [6.07, 6.45) is 1.80. The topological polar surface area (TPSA) is 79.1 Å². The molecule has 0 aliphatic rings. The molecule has 1 heterocycles. The Morgan fingerprint density at radius 3 is 3.00 bits per heavy atom. The molecule has 1 atom stereocenters. The zero-order chi connectivity index (χ0) is 10.8. The van der Waals surface area contributed by atoms with E-state index < -0.39 is 12.0 Å². The highest BCUT2D eigenvalue weighted by atomic mass is 16.4. The van der Waals surface area contributed by atoms with E-state index in [9.17, 15) is 4.79 Å². The van der Waals surface area contributed by atoms with Gasteiger partial charge in [0, 0.05) is 17.8 Å². The van der Waals surface area contributed by atoms with Crippen molar-refractivity contribution in [3.8, 4) is 0 Å². The number of aromatic nitrogens is 1. The summed E-state index contributed by atoms with van der Waals surface area (Å²) in [6, 6.07) is 7.17. The smallest absolute Gasteiger partial charge is 0.305 e. The van der Waals surface area contributed by atoms with Crippen LogP contribution in [0.4, 0.5) is 0 Å². The van der Waals surface area contributed by atoms with Gasteiger partial charge in [0.05, 0.1) is 6.42 Å². The largest absolute Gasteiger partial charge is 0.481 e. The Kier molecular flexibility index (Phi) is 2.43. The van der Waals surface area contributed by atoms with Gasteiger partial charge in [-0.1, -0.05) is 6.07 Å². The van der Waals surface area contributed by atoms with E-state index in [-0.39, 0.29) is 6.42 Å². The SMILES string of the molecule is N[C@@H](CC(=O)O)c1ccc2[nH]ccc2c1. The highest BCUT2D eigenvalue weighted by Crippen LogP contribution is 2.20. The van der Waals surface area contributed by atoms with Crippen LogP contribution in [0.5, 0.6) is 0 Å². The molecule has 1 aromatic carbocycles. The summed E-state index contributed by atoms with van der Waals surface area (Å²) in [5.74, 6) is -0.878. The maximum atomic E-state index is 10.5. The first-order valence-corrected chi connectivity index (χ1v) is 4.71. The summed E-state index contributed by atoms with van der Waals surface area (Å²) >= 11 is 0. The number of carbonyl (C=O) groups is 1. The van der Waals surface area contributed by atoms with Gasteiger partial charge in [-0.05, 0) is 29.1 Å². The zero-order valence-electron chi connectivity index (χ0n) is 8.10. The van der Waals surface area contributed by atoms with E-state index in [1.807, 2.05) is 30.5 Å². The number of rotatable bonds is 3. The summed E-state index contributed by atoms with van der Waals surface area (Å²) in [4.78, 5) is 13.6. The Hall–Kier alpha value is -1.81. The first-order valence-electron chi connectivity index (χ1n) is 4.71. The summed E-state index contributed by atoms with van der Waals surface area (Å²) in [6.45, 7) is 0. The Morgan fingerprint density at radius 1 is 1.47 bits per heavy atom. The maximum absolute atomic E-state index is 10.5. The van der Waals surface area contributed by atoms with Crippen LogP contribution in [0.15, 0.2) is 30.5 Å². The molecular formula is C11H12N2O2. The molecule has 0 bridgehead atoms. The molecule has 0 fully saturated rings. The predicted octanol–water partition coefficient (Wildman–Crippen LogP) is 1.64. The number of aromatic amines is 1. The van der Waals surface area contributed by atoms with Gasteiger partial charge in [-0.2, -0.15) is 0 Å². The molecule has 78 valence electrons. The van der Waals surface area contributed by atoms with Crippen molar-refractivity contribution in [2.75, 3.05) is 0 Å². The zero-order valence-corrected chi connectivity index (χ0v) is 8.10. The number of hydrogen-bond donors (Lipinski definition) is 3. The number of nitrogens with one attached hydrogen (secondary N) is 1. The van der Waals surface area contributed by atoms with E-state index in [1.54, 1.807) is 0 Å². The lowest BCUT2D eigenvalue weighted by Crippen LogP contribution is -2.14. The minimum absolute atomic E-state index is 0.0457. The van der Waals surface area contributed by atoms with E-state index in [0.29, 0.717) is 0 Å². The molecule has 2 rings (SSSR count). The van der Waals surface area contributed by atoms with Gasteiger partial charge in [-0.25, -0.2) is 0 Å². The van der Waals surface area contributed by atoms with Crippen LogP contribution in [0.3, 0.4) is 0 Å². The van der Waals surface area contributed by atoms with Crippen LogP contribution in [-0.2, 0) is 4.79 Å². The molecule has 0 spiro atoms. The molecule has 4 nitrogen and oxygen atoms in total. The number of carboxylic acid groups (broad SMARTS) is 1. The first kappa shape index (κ1) is 9.73. The predicted molar refractivity (Wildman–Crippen MR) is 57.5 cm³/mol. The van der Waals surface area contributed by atoms with E-state index in [0.717, 1.165) is 16.5 Å². The number of aliphatic carboxylic acids is 1. The third-order valence-corrected chi connectivity index (χ3v) is 2.40. The van der Waals surface area contributed by atoms with Crippen LogP contribution < -0.4 is 5.73 Å². The van der Waals surface area contributed by atoms with Gasteiger partial charge in [0.25, 0.3) is 0 Å². The van der Waals surface area contributed by atoms with Crippen molar-refractivity contribution < 1.29 is 9.90 Å². The number of nitrogens with two attached hydrogens (primary N) is 1. The minimum atomic E-state index is -0.878. The molecule has 1 aromatic heterocycles. The third kappa shape index (κ3) is 1.99. The molecule has 0 saturated carbocycles. The maximum Gasteiger partial charge on any atom is 0.305 e. The second-order valence-corrected chi connectivity index (χ2v) is 3.53. The fourth-order valence-corrected chi connectivity index (χ4v) is 1.61. The second kappa shape index (κ2) is 3.74. The number of benzene rings is 1. The molecular weight excluding hydrogens is 192 g/mol. The average molecular weight is 204 g/mol. The van der Waals surface area contributed by atoms with Crippen molar-refractivity contribution >= 4 is 16.9 Å². The molecule has 4 N–H and O–H groups in total. The highest BCUT2D eigenvalue weighted by molar-refractivity contribution is 5.80. The van der Waals surface area contributed by atoms with Gasteiger partial charge in [0.15, 0.2) is 0 Å². The molecule has 2 aromatic rings. The Morgan fingerprint density at radius 2 is 2.27 bits per heavy atom. The Balaban J connectivity index is 2.30. The standard InChI is InChI=1S/C11H12N2O2/c12-9(6-11(14)15)7-1-2-10-8(5-7)3-4-13-10/h1-5,9,13H,6,12H2,(H,14,15)/t9-/m0/s1.